The molecular weight excluding hydrogens is 518 g/mol. The second-order valence-corrected chi connectivity index (χ2v) is 10.6. The fourth-order valence-corrected chi connectivity index (χ4v) is 6.12. The maximum absolute atomic E-state index is 13.6. The molecule has 2 aliphatic rings. The van der Waals surface area contributed by atoms with Crippen molar-refractivity contribution in [2.24, 2.45) is 0 Å². The molecule has 176 valence electrons. The fourth-order valence-electron chi connectivity index (χ4n) is 4.32. The van der Waals surface area contributed by atoms with Crippen molar-refractivity contribution in [1.82, 2.24) is 0 Å². The first-order chi connectivity index (χ1) is 15.9. The molecule has 4 nitrogen and oxygen atoms in total. The predicted octanol–water partition coefficient (Wildman–Crippen LogP) is 7.20. The van der Waals surface area contributed by atoms with E-state index in [0.29, 0.717) is 12.1 Å². The van der Waals surface area contributed by atoms with Crippen molar-refractivity contribution in [3.05, 3.63) is 67.9 Å². The SMILES string of the molecule is CC.COc1ccc(CN2C(=O)C3(CCC3)c3cc(C(=O)C=C(SC)SC)cc(Br)c32)cc1. The molecule has 2 aromatic carbocycles. The molecule has 4 rings (SSSR count). The van der Waals surface area contributed by atoms with Crippen LogP contribution in [0.4, 0.5) is 5.69 Å². The molecule has 33 heavy (non-hydrogen) atoms. The van der Waals surface area contributed by atoms with Crippen LogP contribution in [0.1, 0.15) is 54.6 Å². The molecule has 0 saturated heterocycles. The van der Waals surface area contributed by atoms with Crippen LogP contribution >= 0.6 is 39.5 Å². The summed E-state index contributed by atoms with van der Waals surface area (Å²) in [6, 6.07) is 11.6. The Morgan fingerprint density at radius 2 is 1.79 bits per heavy atom. The minimum absolute atomic E-state index is 0.0299. The summed E-state index contributed by atoms with van der Waals surface area (Å²) in [6.45, 7) is 4.49. The lowest BCUT2D eigenvalue weighted by Gasteiger charge is -2.37. The smallest absolute Gasteiger partial charge is 0.238 e. The average molecular weight is 549 g/mol. The van der Waals surface area contributed by atoms with Gasteiger partial charge in [-0.3, -0.25) is 9.59 Å². The van der Waals surface area contributed by atoms with Crippen molar-refractivity contribution in [1.29, 1.82) is 0 Å². The van der Waals surface area contributed by atoms with E-state index in [1.165, 1.54) is 0 Å². The standard InChI is InChI=1S/C24H24BrNO3S2.C2H6/c1-29-17-7-5-15(6-8-17)14-26-22-18(24(23(26)28)9-4-10-24)11-16(12-19(22)25)20(27)13-21(30-2)31-3;1-2/h5-8,11-13H,4,9-10,14H2,1-3H3;1-2H3. The number of carbonyl (C=O) groups excluding carboxylic acids is 2. The van der Waals surface area contributed by atoms with Crippen LogP contribution in [-0.4, -0.2) is 31.3 Å². The third-order valence-corrected chi connectivity index (χ3v) is 8.79. The van der Waals surface area contributed by atoms with Gasteiger partial charge in [-0.1, -0.05) is 32.4 Å². The first-order valence-electron chi connectivity index (χ1n) is 11.1. The van der Waals surface area contributed by atoms with E-state index in [0.717, 1.165) is 50.5 Å². The van der Waals surface area contributed by atoms with Gasteiger partial charge in [-0.25, -0.2) is 0 Å². The van der Waals surface area contributed by atoms with Gasteiger partial charge in [0.2, 0.25) is 5.91 Å². The number of methoxy groups -OCH3 is 1. The van der Waals surface area contributed by atoms with Crippen LogP contribution in [0.25, 0.3) is 0 Å². The molecule has 1 saturated carbocycles. The molecule has 1 heterocycles. The van der Waals surface area contributed by atoms with Crippen LogP contribution in [0.15, 0.2) is 51.2 Å². The third-order valence-electron chi connectivity index (χ3n) is 6.15. The number of halogens is 1. The maximum atomic E-state index is 13.6. The summed E-state index contributed by atoms with van der Waals surface area (Å²) in [5, 5.41) is 0. The van der Waals surface area contributed by atoms with Gasteiger partial charge in [0.1, 0.15) is 5.75 Å². The maximum Gasteiger partial charge on any atom is 0.238 e. The van der Waals surface area contributed by atoms with Gasteiger partial charge in [0, 0.05) is 20.3 Å². The van der Waals surface area contributed by atoms with Gasteiger partial charge in [-0.15, -0.1) is 23.5 Å². The minimum Gasteiger partial charge on any atom is -0.497 e. The van der Waals surface area contributed by atoms with Crippen molar-refractivity contribution < 1.29 is 14.3 Å². The van der Waals surface area contributed by atoms with Crippen LogP contribution < -0.4 is 9.64 Å². The number of fused-ring (bicyclic) bond motifs is 2. The predicted molar refractivity (Wildman–Crippen MR) is 145 cm³/mol. The summed E-state index contributed by atoms with van der Waals surface area (Å²) in [6.07, 6.45) is 8.31. The number of rotatable bonds is 7. The molecule has 0 atom stereocenters. The van der Waals surface area contributed by atoms with E-state index in [-0.39, 0.29) is 11.7 Å². The van der Waals surface area contributed by atoms with Crippen molar-refractivity contribution in [3.8, 4) is 5.75 Å². The summed E-state index contributed by atoms with van der Waals surface area (Å²) in [4.78, 5) is 28.4. The molecule has 2 aromatic rings. The quantitative estimate of drug-likeness (QED) is 0.271. The summed E-state index contributed by atoms with van der Waals surface area (Å²) in [5.74, 6) is 0.900. The molecule has 1 spiro atoms. The molecule has 1 aliphatic heterocycles. The molecule has 0 bridgehead atoms. The van der Waals surface area contributed by atoms with E-state index < -0.39 is 5.41 Å². The van der Waals surface area contributed by atoms with Gasteiger partial charge >= 0.3 is 0 Å². The van der Waals surface area contributed by atoms with E-state index in [1.807, 2.05) is 67.7 Å². The molecule has 0 unspecified atom stereocenters. The minimum atomic E-state index is -0.494. The Morgan fingerprint density at radius 3 is 2.30 bits per heavy atom. The number of thioether (sulfide) groups is 2. The highest BCUT2D eigenvalue weighted by atomic mass is 79.9. The monoisotopic (exact) mass is 547 g/mol. The van der Waals surface area contributed by atoms with E-state index in [9.17, 15) is 9.59 Å². The summed E-state index contributed by atoms with van der Waals surface area (Å²) >= 11 is 6.80. The fraction of sp³-hybridized carbons (Fsp3) is 0.385. The molecule has 1 aliphatic carbocycles. The highest BCUT2D eigenvalue weighted by Crippen LogP contribution is 2.56. The molecule has 0 N–H and O–H groups in total. The molecule has 1 fully saturated rings. The number of nitrogens with zero attached hydrogens (tertiary/aromatic N) is 1. The van der Waals surface area contributed by atoms with Crippen LogP contribution in [0.5, 0.6) is 5.75 Å². The Hall–Kier alpha value is -1.70. The molecule has 1 amide bonds. The highest BCUT2D eigenvalue weighted by Gasteiger charge is 2.55. The van der Waals surface area contributed by atoms with Gasteiger partial charge < -0.3 is 9.64 Å². The van der Waals surface area contributed by atoms with Crippen molar-refractivity contribution in [3.63, 3.8) is 0 Å². The number of anilines is 1. The van der Waals surface area contributed by atoms with Gasteiger partial charge in [-0.2, -0.15) is 0 Å². The largest absolute Gasteiger partial charge is 0.497 e. The van der Waals surface area contributed by atoms with Crippen LogP contribution in [-0.2, 0) is 16.8 Å². The normalized spacial score (nSPS) is 15.3. The molecular formula is C26H30BrNO3S2. The Labute approximate surface area is 213 Å². The van der Waals surface area contributed by atoms with E-state index >= 15 is 0 Å². The second kappa shape index (κ2) is 11.2. The molecule has 7 heteroatoms. The highest BCUT2D eigenvalue weighted by molar-refractivity contribution is 9.10. The van der Waals surface area contributed by atoms with Gasteiger partial charge in [0.15, 0.2) is 5.78 Å². The molecule has 0 aromatic heterocycles. The van der Waals surface area contributed by atoms with Crippen molar-refractivity contribution in [2.75, 3.05) is 24.5 Å². The number of benzene rings is 2. The number of carbonyl (C=O) groups is 2. The Bertz CT molecular complexity index is 1060. The van der Waals surface area contributed by atoms with E-state index in [4.69, 9.17) is 4.74 Å². The summed E-state index contributed by atoms with van der Waals surface area (Å²) in [7, 11) is 1.64. The lowest BCUT2D eigenvalue weighted by Crippen LogP contribution is -2.44. The Kier molecular flexibility index (Phi) is 8.76. The van der Waals surface area contributed by atoms with Gasteiger partial charge in [-0.05, 0) is 76.7 Å². The van der Waals surface area contributed by atoms with Crippen molar-refractivity contribution in [2.45, 2.75) is 45.1 Å². The number of hydrogen-bond acceptors (Lipinski definition) is 5. The zero-order valence-electron chi connectivity index (χ0n) is 19.7. The average Bonchev–Trinajstić information content (AvgIpc) is 3.07. The first kappa shape index (κ1) is 25.9. The van der Waals surface area contributed by atoms with Crippen LogP contribution in [0, 0.1) is 0 Å². The number of hydrogen-bond donors (Lipinski definition) is 0. The lowest BCUT2D eigenvalue weighted by molar-refractivity contribution is -0.126. The zero-order chi connectivity index (χ0) is 24.2. The summed E-state index contributed by atoms with van der Waals surface area (Å²) < 4.78 is 7.01. The Balaban J connectivity index is 0.00000149. The second-order valence-electron chi connectivity index (χ2n) is 7.77. The number of ether oxygens (including phenoxy) is 1. The third kappa shape index (κ3) is 4.91. The van der Waals surface area contributed by atoms with Gasteiger partial charge in [0.05, 0.1) is 24.8 Å². The van der Waals surface area contributed by atoms with Gasteiger partial charge in [0.25, 0.3) is 0 Å². The zero-order valence-corrected chi connectivity index (χ0v) is 23.0. The number of allylic oxidation sites excluding steroid dienone is 1. The van der Waals surface area contributed by atoms with Crippen molar-refractivity contribution >= 4 is 56.8 Å². The Morgan fingerprint density at radius 1 is 1.15 bits per heavy atom. The molecule has 0 radical (unpaired) electrons. The number of ketones is 1. The topological polar surface area (TPSA) is 46.6 Å². The van der Waals surface area contributed by atoms with E-state index in [2.05, 4.69) is 15.9 Å². The first-order valence-corrected chi connectivity index (χ1v) is 14.3. The van der Waals surface area contributed by atoms with Crippen LogP contribution in [0.2, 0.25) is 0 Å². The number of amides is 1. The van der Waals surface area contributed by atoms with Crippen LogP contribution in [0.3, 0.4) is 0 Å². The lowest BCUT2D eigenvalue weighted by atomic mass is 9.65. The van der Waals surface area contributed by atoms with E-state index in [1.54, 1.807) is 36.7 Å². The summed E-state index contributed by atoms with van der Waals surface area (Å²) in [5.41, 5.74) is 3.05.